The van der Waals surface area contributed by atoms with Crippen molar-refractivity contribution < 1.29 is 29.5 Å². The van der Waals surface area contributed by atoms with Crippen molar-refractivity contribution >= 4 is 23.4 Å². The largest absolute Gasteiger partial charge is 0.495 e. The molecule has 0 saturated heterocycles. The standard InChI is InChI=1S/C11H13N3O7/c1-21-9-3-2-6(14(19)20)4-7(9)12-11(18)13-8(5-15)10(16)17/h2-4,8,15H,5H2,1H3,(H,16,17)(H2,12,13,18)/t8-/m1/s1. The Morgan fingerprint density at radius 1 is 1.48 bits per heavy atom. The summed E-state index contributed by atoms with van der Waals surface area (Å²) in [5.41, 5.74) is -0.283. The van der Waals surface area contributed by atoms with Gasteiger partial charge in [-0.1, -0.05) is 0 Å². The van der Waals surface area contributed by atoms with E-state index in [1.165, 1.54) is 19.2 Å². The van der Waals surface area contributed by atoms with E-state index in [4.69, 9.17) is 14.9 Å². The monoisotopic (exact) mass is 299 g/mol. The van der Waals surface area contributed by atoms with Crippen LogP contribution >= 0.6 is 0 Å². The number of nitrogens with one attached hydrogen (secondary N) is 2. The molecule has 1 aromatic carbocycles. The Morgan fingerprint density at radius 2 is 2.14 bits per heavy atom. The second-order valence-electron chi connectivity index (χ2n) is 3.81. The van der Waals surface area contributed by atoms with Gasteiger partial charge in [-0.2, -0.15) is 0 Å². The van der Waals surface area contributed by atoms with Crippen LogP contribution in [0.5, 0.6) is 5.75 Å². The molecule has 1 rings (SSSR count). The van der Waals surface area contributed by atoms with Gasteiger partial charge in [-0.15, -0.1) is 0 Å². The third-order valence-corrected chi connectivity index (χ3v) is 2.43. The highest BCUT2D eigenvalue weighted by molar-refractivity contribution is 5.93. The molecular weight excluding hydrogens is 286 g/mol. The van der Waals surface area contributed by atoms with Gasteiger partial charge in [0.1, 0.15) is 5.75 Å². The van der Waals surface area contributed by atoms with Crippen LogP contribution in [0.2, 0.25) is 0 Å². The molecule has 114 valence electrons. The first-order chi connectivity index (χ1) is 9.88. The van der Waals surface area contributed by atoms with Gasteiger partial charge in [-0.05, 0) is 6.07 Å². The maximum Gasteiger partial charge on any atom is 0.328 e. The van der Waals surface area contributed by atoms with E-state index in [1.54, 1.807) is 0 Å². The maximum atomic E-state index is 11.6. The number of carboxylic acid groups (broad SMARTS) is 1. The zero-order valence-corrected chi connectivity index (χ0v) is 10.9. The summed E-state index contributed by atoms with van der Waals surface area (Å²) in [6.45, 7) is -0.797. The SMILES string of the molecule is COc1ccc([N+](=O)[O-])cc1NC(=O)N[C@H](CO)C(=O)O. The van der Waals surface area contributed by atoms with Crippen molar-refractivity contribution in [2.75, 3.05) is 19.0 Å². The van der Waals surface area contributed by atoms with Gasteiger partial charge in [-0.3, -0.25) is 10.1 Å². The van der Waals surface area contributed by atoms with Gasteiger partial charge in [-0.25, -0.2) is 9.59 Å². The number of urea groups is 1. The molecule has 0 aliphatic carbocycles. The van der Waals surface area contributed by atoms with Crippen molar-refractivity contribution in [3.8, 4) is 5.75 Å². The number of methoxy groups -OCH3 is 1. The van der Waals surface area contributed by atoms with E-state index in [0.29, 0.717) is 0 Å². The number of aliphatic hydroxyl groups excluding tert-OH is 1. The Hall–Kier alpha value is -2.88. The Bertz CT molecular complexity index is 561. The summed E-state index contributed by atoms with van der Waals surface area (Å²) >= 11 is 0. The Kier molecular flexibility index (Phi) is 5.43. The van der Waals surface area contributed by atoms with E-state index in [2.05, 4.69) is 5.32 Å². The van der Waals surface area contributed by atoms with Crippen molar-refractivity contribution in [3.05, 3.63) is 28.3 Å². The maximum absolute atomic E-state index is 11.6. The fourth-order valence-electron chi connectivity index (χ4n) is 1.41. The first kappa shape index (κ1) is 16.2. The van der Waals surface area contributed by atoms with Crippen LogP contribution in [0.15, 0.2) is 18.2 Å². The normalized spacial score (nSPS) is 11.3. The molecule has 0 fully saturated rings. The number of carbonyl (C=O) groups excluding carboxylic acids is 1. The number of nitro benzene ring substituents is 1. The number of nitrogens with zero attached hydrogens (tertiary/aromatic N) is 1. The van der Waals surface area contributed by atoms with E-state index < -0.39 is 29.6 Å². The third kappa shape index (κ3) is 4.31. The second-order valence-corrected chi connectivity index (χ2v) is 3.81. The van der Waals surface area contributed by atoms with Gasteiger partial charge in [0.2, 0.25) is 0 Å². The van der Waals surface area contributed by atoms with E-state index in [0.717, 1.165) is 6.07 Å². The summed E-state index contributed by atoms with van der Waals surface area (Å²) in [6.07, 6.45) is 0. The average Bonchev–Trinajstić information content (AvgIpc) is 2.44. The number of hydrogen-bond donors (Lipinski definition) is 4. The molecule has 0 aromatic heterocycles. The highest BCUT2D eigenvalue weighted by Gasteiger charge is 2.20. The summed E-state index contributed by atoms with van der Waals surface area (Å²) in [5, 5.41) is 32.4. The zero-order chi connectivity index (χ0) is 16.0. The predicted molar refractivity (Wildman–Crippen MR) is 70.3 cm³/mol. The molecule has 0 saturated carbocycles. The van der Waals surface area contributed by atoms with Crippen LogP contribution in [0.3, 0.4) is 0 Å². The van der Waals surface area contributed by atoms with Crippen molar-refractivity contribution in [3.63, 3.8) is 0 Å². The number of amides is 2. The number of carboxylic acids is 1. The number of benzene rings is 1. The molecule has 0 aliphatic rings. The fourth-order valence-corrected chi connectivity index (χ4v) is 1.41. The van der Waals surface area contributed by atoms with Crippen molar-refractivity contribution in [2.45, 2.75) is 6.04 Å². The summed E-state index contributed by atoms with van der Waals surface area (Å²) in [4.78, 5) is 32.3. The zero-order valence-electron chi connectivity index (χ0n) is 10.9. The number of hydrogen-bond acceptors (Lipinski definition) is 6. The van der Waals surface area contributed by atoms with Crippen molar-refractivity contribution in [1.82, 2.24) is 5.32 Å². The van der Waals surface area contributed by atoms with Crippen LogP contribution < -0.4 is 15.4 Å². The fraction of sp³-hybridized carbons (Fsp3) is 0.273. The van der Waals surface area contributed by atoms with Gasteiger partial charge < -0.3 is 25.6 Å². The minimum atomic E-state index is -1.49. The predicted octanol–water partition coefficient (Wildman–Crippen LogP) is 0.170. The van der Waals surface area contributed by atoms with Gasteiger partial charge in [0, 0.05) is 12.1 Å². The van der Waals surface area contributed by atoms with Crippen molar-refractivity contribution in [2.24, 2.45) is 0 Å². The van der Waals surface area contributed by atoms with Gasteiger partial charge >= 0.3 is 12.0 Å². The number of anilines is 1. The molecule has 2 amide bonds. The quantitative estimate of drug-likeness (QED) is 0.431. The number of aliphatic hydroxyl groups is 1. The van der Waals surface area contributed by atoms with Crippen molar-refractivity contribution in [1.29, 1.82) is 0 Å². The smallest absolute Gasteiger partial charge is 0.328 e. The molecule has 21 heavy (non-hydrogen) atoms. The number of nitro groups is 1. The van der Waals surface area contributed by atoms with E-state index >= 15 is 0 Å². The molecule has 0 unspecified atom stereocenters. The Balaban J connectivity index is 2.90. The first-order valence-electron chi connectivity index (χ1n) is 5.62. The number of ether oxygens (including phenoxy) is 1. The summed E-state index contributed by atoms with van der Waals surface area (Å²) in [5.74, 6) is -1.26. The van der Waals surface area contributed by atoms with Crippen LogP contribution in [0, 0.1) is 10.1 Å². The van der Waals surface area contributed by atoms with Crippen LogP contribution in [-0.2, 0) is 4.79 Å². The van der Waals surface area contributed by atoms with Crippen LogP contribution in [0.1, 0.15) is 0 Å². The lowest BCUT2D eigenvalue weighted by Crippen LogP contribution is -2.45. The minimum Gasteiger partial charge on any atom is -0.495 e. The second kappa shape index (κ2) is 7.05. The number of carbonyl (C=O) groups is 2. The lowest BCUT2D eigenvalue weighted by atomic mass is 10.2. The first-order valence-corrected chi connectivity index (χ1v) is 5.62. The van der Waals surface area contributed by atoms with Gasteiger partial charge in [0.15, 0.2) is 6.04 Å². The Morgan fingerprint density at radius 3 is 2.62 bits per heavy atom. The van der Waals surface area contributed by atoms with E-state index in [1.807, 2.05) is 5.32 Å². The average molecular weight is 299 g/mol. The lowest BCUT2D eigenvalue weighted by Gasteiger charge is -2.14. The number of aliphatic carboxylic acids is 1. The van der Waals surface area contributed by atoms with Crippen LogP contribution in [0.25, 0.3) is 0 Å². The molecule has 10 nitrogen and oxygen atoms in total. The van der Waals surface area contributed by atoms with E-state index in [9.17, 15) is 19.7 Å². The van der Waals surface area contributed by atoms with Gasteiger partial charge in [0.25, 0.3) is 5.69 Å². The highest BCUT2D eigenvalue weighted by Crippen LogP contribution is 2.28. The Labute approximate surface area is 118 Å². The third-order valence-electron chi connectivity index (χ3n) is 2.43. The summed E-state index contributed by atoms with van der Waals surface area (Å²) in [6, 6.07) is 1.10. The van der Waals surface area contributed by atoms with Gasteiger partial charge in [0.05, 0.1) is 24.3 Å². The molecule has 0 bridgehead atoms. The topological polar surface area (TPSA) is 151 Å². The molecule has 0 radical (unpaired) electrons. The molecule has 4 N–H and O–H groups in total. The molecule has 0 heterocycles. The molecule has 0 aliphatic heterocycles. The number of rotatable bonds is 6. The molecular formula is C11H13N3O7. The molecule has 1 atom stereocenters. The van der Waals surface area contributed by atoms with Crippen LogP contribution in [0.4, 0.5) is 16.2 Å². The minimum absolute atomic E-state index is 0.00808. The molecule has 10 heteroatoms. The number of non-ortho nitro benzene ring substituents is 1. The summed E-state index contributed by atoms with van der Waals surface area (Å²) in [7, 11) is 1.30. The molecule has 0 spiro atoms. The lowest BCUT2D eigenvalue weighted by molar-refractivity contribution is -0.384. The van der Waals surface area contributed by atoms with E-state index in [-0.39, 0.29) is 17.1 Å². The highest BCUT2D eigenvalue weighted by atomic mass is 16.6. The molecule has 1 aromatic rings. The van der Waals surface area contributed by atoms with Crippen LogP contribution in [-0.4, -0.2) is 46.9 Å². The summed E-state index contributed by atoms with van der Waals surface area (Å²) < 4.78 is 4.93.